The third-order valence-corrected chi connectivity index (χ3v) is 9.46. The van der Waals surface area contributed by atoms with Crippen LogP contribution >= 0.6 is 24.8 Å². The summed E-state index contributed by atoms with van der Waals surface area (Å²) in [6, 6.07) is 25.9. The van der Waals surface area contributed by atoms with Gasteiger partial charge < -0.3 is 20.1 Å². The molecule has 0 saturated carbocycles. The molecule has 10 heteroatoms. The summed E-state index contributed by atoms with van der Waals surface area (Å²) in [5, 5.41) is 13.3. The maximum absolute atomic E-state index is 14.5. The van der Waals surface area contributed by atoms with Crippen molar-refractivity contribution in [3.63, 3.8) is 0 Å². The molecule has 0 radical (unpaired) electrons. The van der Waals surface area contributed by atoms with Crippen molar-refractivity contribution < 1.29 is 19.4 Å². The SMILES string of the molecule is CC[C@H](NC(=O)c1c(CN2CCC(N3CCCCC3)CC2)c(-c2ccccc2)nc2cc(OCC(=O)O)ccc12)c1ccccc1.Cl.Cl. The van der Waals surface area contributed by atoms with Gasteiger partial charge in [-0.1, -0.05) is 74.0 Å². The third-order valence-electron chi connectivity index (χ3n) is 9.46. The molecule has 8 nitrogen and oxygen atoms in total. The van der Waals surface area contributed by atoms with E-state index >= 15 is 0 Å². The number of aliphatic carboxylic acids is 1. The number of rotatable bonds is 11. The first-order chi connectivity index (χ1) is 22.5. The van der Waals surface area contributed by atoms with Crippen LogP contribution in [0.1, 0.15) is 73.0 Å². The fraction of sp³-hybridized carbons (Fsp3) is 0.395. The van der Waals surface area contributed by atoms with Crippen molar-refractivity contribution in [1.29, 1.82) is 0 Å². The summed E-state index contributed by atoms with van der Waals surface area (Å²) in [6.07, 6.45) is 6.93. The number of nitrogens with one attached hydrogen (secondary N) is 1. The zero-order valence-electron chi connectivity index (χ0n) is 27.5. The third kappa shape index (κ3) is 8.85. The Balaban J connectivity index is 0.00000260. The molecule has 2 N–H and O–H groups in total. The van der Waals surface area contributed by atoms with Gasteiger partial charge in [-0.2, -0.15) is 0 Å². The number of benzene rings is 3. The number of fused-ring (bicyclic) bond motifs is 1. The molecule has 0 spiro atoms. The Morgan fingerprint density at radius 3 is 2.23 bits per heavy atom. The first-order valence-corrected chi connectivity index (χ1v) is 16.7. The topological polar surface area (TPSA) is 95.0 Å². The molecule has 256 valence electrons. The fourth-order valence-corrected chi connectivity index (χ4v) is 7.05. The van der Waals surface area contributed by atoms with E-state index in [0.29, 0.717) is 29.4 Å². The van der Waals surface area contributed by atoms with E-state index in [1.165, 1.54) is 32.4 Å². The molecular formula is C38H46Cl2N4O4. The Kier molecular flexibility index (Phi) is 13.6. The minimum absolute atomic E-state index is 0. The van der Waals surface area contributed by atoms with Gasteiger partial charge in [-0.15, -0.1) is 24.8 Å². The normalized spacial score (nSPS) is 16.4. The molecule has 0 bridgehead atoms. The first kappa shape index (κ1) is 37.1. The van der Waals surface area contributed by atoms with Crippen LogP contribution in [-0.2, 0) is 11.3 Å². The zero-order valence-corrected chi connectivity index (χ0v) is 29.1. The number of carbonyl (C=O) groups is 2. The maximum Gasteiger partial charge on any atom is 0.341 e. The number of halogens is 2. The Labute approximate surface area is 295 Å². The molecule has 1 atom stereocenters. The minimum atomic E-state index is -1.05. The number of hydrogen-bond acceptors (Lipinski definition) is 6. The Morgan fingerprint density at radius 2 is 1.58 bits per heavy atom. The molecular weight excluding hydrogens is 647 g/mol. The Bertz CT molecular complexity index is 1640. The highest BCUT2D eigenvalue weighted by Crippen LogP contribution is 2.34. The summed E-state index contributed by atoms with van der Waals surface area (Å²) in [7, 11) is 0. The smallest absolute Gasteiger partial charge is 0.341 e. The molecule has 0 unspecified atom stereocenters. The Morgan fingerprint density at radius 1 is 0.917 bits per heavy atom. The lowest BCUT2D eigenvalue weighted by molar-refractivity contribution is -0.139. The standard InChI is InChI=1S/C38H44N4O4.2ClH/c1-2-33(27-12-6-3-7-13-27)40-38(45)36-31-17-16-30(46-26-35(43)44)24-34(31)39-37(28-14-8-4-9-15-28)32(36)25-41-22-18-29(19-23-41)42-20-10-5-11-21-42;;/h3-4,6-9,12-17,24,29,33H,2,5,10-11,18-23,25-26H2,1H3,(H,40,45)(H,43,44);2*1H/t33-;;/m0../s1. The highest BCUT2D eigenvalue weighted by Gasteiger charge is 2.29. The summed E-state index contributed by atoms with van der Waals surface area (Å²) < 4.78 is 5.52. The van der Waals surface area contributed by atoms with Crippen molar-refractivity contribution >= 4 is 47.6 Å². The van der Waals surface area contributed by atoms with Crippen molar-refractivity contribution in [3.8, 4) is 17.0 Å². The van der Waals surface area contributed by atoms with Gasteiger partial charge in [0, 0.05) is 35.2 Å². The number of ether oxygens (including phenoxy) is 1. The second kappa shape index (κ2) is 17.6. The molecule has 1 amide bonds. The van der Waals surface area contributed by atoms with Gasteiger partial charge in [0.15, 0.2) is 6.61 Å². The van der Waals surface area contributed by atoms with Crippen LogP contribution in [0.5, 0.6) is 5.75 Å². The summed E-state index contributed by atoms with van der Waals surface area (Å²) in [4.78, 5) is 36.1. The van der Waals surface area contributed by atoms with Crippen molar-refractivity contribution in [2.75, 3.05) is 32.8 Å². The molecule has 2 aliphatic heterocycles. The quantitative estimate of drug-likeness (QED) is 0.168. The van der Waals surface area contributed by atoms with Crippen LogP contribution in [0.3, 0.4) is 0 Å². The molecule has 2 fully saturated rings. The molecule has 4 aromatic rings. The van der Waals surface area contributed by atoms with Crippen LogP contribution in [-0.4, -0.2) is 70.6 Å². The van der Waals surface area contributed by atoms with Crippen LogP contribution in [0.25, 0.3) is 22.2 Å². The van der Waals surface area contributed by atoms with E-state index in [1.807, 2.05) is 66.7 Å². The lowest BCUT2D eigenvalue weighted by Crippen LogP contribution is -2.46. The lowest BCUT2D eigenvalue weighted by atomic mass is 9.93. The van der Waals surface area contributed by atoms with E-state index in [0.717, 1.165) is 60.1 Å². The highest BCUT2D eigenvalue weighted by atomic mass is 35.5. The van der Waals surface area contributed by atoms with Crippen LogP contribution in [0.2, 0.25) is 0 Å². The Hall–Kier alpha value is -3.69. The van der Waals surface area contributed by atoms with Gasteiger partial charge >= 0.3 is 5.97 Å². The van der Waals surface area contributed by atoms with E-state index in [-0.39, 0.29) is 36.8 Å². The molecule has 1 aromatic heterocycles. The molecule has 2 saturated heterocycles. The van der Waals surface area contributed by atoms with Crippen LogP contribution in [0.15, 0.2) is 78.9 Å². The summed E-state index contributed by atoms with van der Waals surface area (Å²) in [6.45, 7) is 6.60. The second-order valence-electron chi connectivity index (χ2n) is 12.5. The predicted octanol–water partition coefficient (Wildman–Crippen LogP) is 7.54. The molecule has 6 rings (SSSR count). The minimum Gasteiger partial charge on any atom is -0.482 e. The van der Waals surface area contributed by atoms with E-state index in [4.69, 9.17) is 9.72 Å². The first-order valence-electron chi connectivity index (χ1n) is 16.7. The lowest BCUT2D eigenvalue weighted by Gasteiger charge is -2.40. The monoisotopic (exact) mass is 692 g/mol. The largest absolute Gasteiger partial charge is 0.482 e. The number of nitrogens with zero attached hydrogens (tertiary/aromatic N) is 3. The second-order valence-corrected chi connectivity index (χ2v) is 12.5. The highest BCUT2D eigenvalue weighted by molar-refractivity contribution is 6.09. The van der Waals surface area contributed by atoms with Gasteiger partial charge in [-0.25, -0.2) is 9.78 Å². The molecule has 0 aliphatic carbocycles. The van der Waals surface area contributed by atoms with E-state index < -0.39 is 12.6 Å². The number of aromatic nitrogens is 1. The van der Waals surface area contributed by atoms with Gasteiger partial charge in [0.05, 0.1) is 22.8 Å². The molecule has 48 heavy (non-hydrogen) atoms. The van der Waals surface area contributed by atoms with Gasteiger partial charge in [0.1, 0.15) is 5.75 Å². The van der Waals surface area contributed by atoms with Gasteiger partial charge in [-0.3, -0.25) is 9.69 Å². The number of piperidine rings is 2. The number of hydrogen-bond donors (Lipinski definition) is 2. The molecule has 3 heterocycles. The van der Waals surface area contributed by atoms with E-state index in [2.05, 4.69) is 22.0 Å². The number of pyridine rings is 1. The summed E-state index contributed by atoms with van der Waals surface area (Å²) in [5.41, 5.74) is 4.87. The van der Waals surface area contributed by atoms with Crippen molar-refractivity contribution in [1.82, 2.24) is 20.1 Å². The summed E-state index contributed by atoms with van der Waals surface area (Å²) in [5.74, 6) is -0.794. The average Bonchev–Trinajstić information content (AvgIpc) is 3.10. The van der Waals surface area contributed by atoms with E-state index in [9.17, 15) is 14.7 Å². The zero-order chi connectivity index (χ0) is 31.9. The van der Waals surface area contributed by atoms with Gasteiger partial charge in [-0.05, 0) is 76.0 Å². The van der Waals surface area contributed by atoms with Crippen LogP contribution in [0.4, 0.5) is 0 Å². The van der Waals surface area contributed by atoms with Crippen molar-refractivity contribution in [2.24, 2.45) is 0 Å². The van der Waals surface area contributed by atoms with Gasteiger partial charge in [0.2, 0.25) is 0 Å². The average molecular weight is 694 g/mol. The fourth-order valence-electron chi connectivity index (χ4n) is 7.05. The van der Waals surface area contributed by atoms with E-state index in [1.54, 1.807) is 12.1 Å². The van der Waals surface area contributed by atoms with Crippen molar-refractivity contribution in [3.05, 3.63) is 95.6 Å². The van der Waals surface area contributed by atoms with Gasteiger partial charge in [0.25, 0.3) is 5.91 Å². The molecule has 2 aliphatic rings. The number of carboxylic acids is 1. The van der Waals surface area contributed by atoms with Crippen LogP contribution in [0, 0.1) is 0 Å². The maximum atomic E-state index is 14.5. The molecule has 3 aromatic carbocycles. The number of likely N-dealkylation sites (tertiary alicyclic amines) is 2. The predicted molar refractivity (Wildman–Crippen MR) is 195 cm³/mol. The van der Waals surface area contributed by atoms with Crippen LogP contribution < -0.4 is 10.1 Å². The number of carboxylic acid groups (broad SMARTS) is 1. The number of amides is 1. The number of carbonyl (C=O) groups excluding carboxylic acids is 1. The van der Waals surface area contributed by atoms with Crippen molar-refractivity contribution in [2.45, 2.75) is 64.1 Å². The summed E-state index contributed by atoms with van der Waals surface area (Å²) >= 11 is 0.